The van der Waals surface area contributed by atoms with Gasteiger partial charge in [0.1, 0.15) is 23.0 Å². The van der Waals surface area contributed by atoms with Crippen LogP contribution in [-0.4, -0.2) is 44.3 Å². The SMILES string of the molecule is CN=Cc1ccc(C=Nc2ccc(CCc3ccc(C)cc3)cc2)cc1Cl.COc1ccc(C=CC(=O)Oc2ccc(OC(=O)CCCCCCC(C)=O)cc2)cc1. The number of unbranched alkanes of at least 4 members (excludes halogenated alkanes) is 3. The Bertz CT molecular complexity index is 2140. The molecule has 0 amide bonds. The van der Waals surface area contributed by atoms with Gasteiger partial charge in [0.2, 0.25) is 0 Å². The number of aryl methyl sites for hydroxylation is 3. The molecule has 8 nitrogen and oxygen atoms in total. The van der Waals surface area contributed by atoms with E-state index in [1.807, 2.05) is 36.5 Å². The topological polar surface area (TPSA) is 104 Å². The van der Waals surface area contributed by atoms with E-state index in [-0.39, 0.29) is 11.8 Å². The molecule has 0 aromatic heterocycles. The number of esters is 2. The van der Waals surface area contributed by atoms with Crippen molar-refractivity contribution in [3.63, 3.8) is 0 Å². The predicted octanol–water partition coefficient (Wildman–Crippen LogP) is 11.4. The first-order valence-corrected chi connectivity index (χ1v) is 19.7. The largest absolute Gasteiger partial charge is 0.497 e. The quantitative estimate of drug-likeness (QED) is 0.0287. The van der Waals surface area contributed by atoms with E-state index in [0.29, 0.717) is 29.4 Å². The summed E-state index contributed by atoms with van der Waals surface area (Å²) in [5, 5.41) is 0.677. The van der Waals surface area contributed by atoms with Gasteiger partial charge in [0, 0.05) is 49.0 Å². The normalized spacial score (nSPS) is 11.1. The highest BCUT2D eigenvalue weighted by Crippen LogP contribution is 2.21. The molecule has 5 aromatic rings. The van der Waals surface area contributed by atoms with Crippen molar-refractivity contribution in [1.29, 1.82) is 0 Å². The van der Waals surface area contributed by atoms with Crippen LogP contribution >= 0.6 is 11.6 Å². The van der Waals surface area contributed by atoms with E-state index in [0.717, 1.165) is 66.7 Å². The zero-order valence-corrected chi connectivity index (χ0v) is 34.4. The number of nitrogens with zero attached hydrogens (tertiary/aromatic N) is 2. The lowest BCUT2D eigenvalue weighted by atomic mass is 10.0. The lowest BCUT2D eigenvalue weighted by Gasteiger charge is -2.06. The predicted molar refractivity (Wildman–Crippen MR) is 235 cm³/mol. The average molecular weight is 799 g/mol. The minimum Gasteiger partial charge on any atom is -0.497 e. The van der Waals surface area contributed by atoms with Crippen molar-refractivity contribution in [2.24, 2.45) is 9.98 Å². The van der Waals surface area contributed by atoms with Gasteiger partial charge in [-0.3, -0.25) is 14.8 Å². The molecule has 0 bridgehead atoms. The molecule has 0 radical (unpaired) electrons. The summed E-state index contributed by atoms with van der Waals surface area (Å²) in [5.41, 5.74) is 7.65. The third-order valence-electron chi connectivity index (χ3n) is 8.88. The van der Waals surface area contributed by atoms with Gasteiger partial charge in [-0.1, -0.05) is 90.7 Å². The Morgan fingerprint density at radius 1 is 0.655 bits per heavy atom. The molecule has 0 unspecified atom stereocenters. The summed E-state index contributed by atoms with van der Waals surface area (Å²) in [6.45, 7) is 3.70. The van der Waals surface area contributed by atoms with Crippen LogP contribution in [0.2, 0.25) is 5.02 Å². The van der Waals surface area contributed by atoms with E-state index in [1.54, 1.807) is 69.8 Å². The number of methoxy groups -OCH3 is 1. The van der Waals surface area contributed by atoms with Crippen LogP contribution in [0.15, 0.2) is 131 Å². The van der Waals surface area contributed by atoms with Crippen molar-refractivity contribution in [2.45, 2.75) is 65.2 Å². The first-order valence-electron chi connectivity index (χ1n) is 19.3. The molecule has 0 heterocycles. The molecular weight excluding hydrogens is 748 g/mol. The van der Waals surface area contributed by atoms with Crippen molar-refractivity contribution in [3.8, 4) is 17.2 Å². The molecule has 0 N–H and O–H groups in total. The number of halogens is 1. The second-order valence-corrected chi connectivity index (χ2v) is 14.1. The maximum absolute atomic E-state index is 12.0. The number of carbonyl (C=O) groups is 3. The van der Waals surface area contributed by atoms with Crippen molar-refractivity contribution < 1.29 is 28.6 Å². The molecule has 5 rings (SSSR count). The second kappa shape index (κ2) is 24.5. The minimum absolute atomic E-state index is 0.196. The fourth-order valence-electron chi connectivity index (χ4n) is 5.59. The van der Waals surface area contributed by atoms with Crippen LogP contribution in [0.1, 0.15) is 78.8 Å². The molecule has 0 atom stereocenters. The highest BCUT2D eigenvalue weighted by Gasteiger charge is 2.07. The van der Waals surface area contributed by atoms with Gasteiger partial charge in [0.25, 0.3) is 0 Å². The molecule has 0 spiro atoms. The number of hydrogen-bond donors (Lipinski definition) is 0. The first kappa shape index (κ1) is 44.6. The van der Waals surface area contributed by atoms with Crippen LogP contribution in [-0.2, 0) is 27.2 Å². The van der Waals surface area contributed by atoms with Gasteiger partial charge in [-0.2, -0.15) is 0 Å². The van der Waals surface area contributed by atoms with Gasteiger partial charge in [-0.15, -0.1) is 0 Å². The molecule has 0 aliphatic heterocycles. The summed E-state index contributed by atoms with van der Waals surface area (Å²) >= 11 is 6.25. The number of hydrogen-bond acceptors (Lipinski definition) is 8. The number of aliphatic imine (C=N–C) groups is 2. The Morgan fingerprint density at radius 2 is 1.22 bits per heavy atom. The number of ether oxygens (including phenoxy) is 3. The third-order valence-corrected chi connectivity index (χ3v) is 9.20. The van der Waals surface area contributed by atoms with Crippen LogP contribution in [0.25, 0.3) is 6.08 Å². The number of ketones is 1. The molecule has 0 aliphatic rings. The molecule has 0 aliphatic carbocycles. The van der Waals surface area contributed by atoms with Crippen LogP contribution < -0.4 is 14.2 Å². The number of benzene rings is 5. The molecule has 0 saturated heterocycles. The van der Waals surface area contributed by atoms with Crippen molar-refractivity contribution in [2.75, 3.05) is 14.2 Å². The van der Waals surface area contributed by atoms with E-state index in [4.69, 9.17) is 25.8 Å². The maximum Gasteiger partial charge on any atom is 0.336 e. The highest BCUT2D eigenvalue weighted by molar-refractivity contribution is 6.33. The number of Topliss-reactive ketones (excluding diaryl/α,β-unsaturated/α-hetero) is 1. The Kier molecular flexibility index (Phi) is 18.8. The van der Waals surface area contributed by atoms with E-state index in [1.165, 1.54) is 22.8 Å². The van der Waals surface area contributed by atoms with Crippen LogP contribution in [0, 0.1) is 6.92 Å². The summed E-state index contributed by atoms with van der Waals surface area (Å²) in [6.07, 6.45) is 13.0. The summed E-state index contributed by atoms with van der Waals surface area (Å²) < 4.78 is 15.6. The zero-order chi connectivity index (χ0) is 41.5. The molecule has 58 heavy (non-hydrogen) atoms. The third kappa shape index (κ3) is 16.9. The van der Waals surface area contributed by atoms with Gasteiger partial charge in [-0.05, 0) is 122 Å². The average Bonchev–Trinajstić information content (AvgIpc) is 3.23. The van der Waals surface area contributed by atoms with Crippen molar-refractivity contribution in [3.05, 3.63) is 160 Å². The zero-order valence-electron chi connectivity index (χ0n) is 33.7. The Morgan fingerprint density at radius 3 is 1.81 bits per heavy atom. The molecule has 300 valence electrons. The van der Waals surface area contributed by atoms with E-state index in [2.05, 4.69) is 65.4 Å². The summed E-state index contributed by atoms with van der Waals surface area (Å²) in [5.74, 6) is 0.876. The summed E-state index contributed by atoms with van der Waals surface area (Å²) in [7, 11) is 3.32. The Labute approximate surface area is 347 Å². The van der Waals surface area contributed by atoms with Crippen molar-refractivity contribution >= 4 is 53.5 Å². The Hall–Kier alpha value is -6.12. The van der Waals surface area contributed by atoms with Crippen LogP contribution in [0.4, 0.5) is 5.69 Å². The van der Waals surface area contributed by atoms with Gasteiger partial charge < -0.3 is 19.0 Å². The highest BCUT2D eigenvalue weighted by atomic mass is 35.5. The van der Waals surface area contributed by atoms with E-state index in [9.17, 15) is 14.4 Å². The van der Waals surface area contributed by atoms with Gasteiger partial charge >= 0.3 is 11.9 Å². The first-order chi connectivity index (χ1) is 28.1. The lowest BCUT2D eigenvalue weighted by molar-refractivity contribution is -0.134. The monoisotopic (exact) mass is 798 g/mol. The number of rotatable bonds is 18. The van der Waals surface area contributed by atoms with E-state index < -0.39 is 5.97 Å². The van der Waals surface area contributed by atoms with Crippen LogP contribution in [0.3, 0.4) is 0 Å². The fraction of sp³-hybridized carbons (Fsp3) is 0.245. The standard InChI is InChI=1S/C25H28O6.C24H23ClN2/c1-19(26)7-5-3-4-6-8-24(27)30-22-14-16-23(17-15-22)31-25(28)18-11-20-9-12-21(29-2)13-10-20;1-18-3-5-19(6-4-18)7-8-20-10-13-23(14-11-20)27-16-21-9-12-22(17-26-2)24(25)15-21/h9-18H,3-8H2,1-2H3;3-6,9-17H,7-8H2,1-2H3. The Balaban J connectivity index is 0.000000259. The molecule has 5 aromatic carbocycles. The molecule has 9 heteroatoms. The van der Waals surface area contributed by atoms with E-state index >= 15 is 0 Å². The van der Waals surface area contributed by atoms with Gasteiger partial charge in [0.05, 0.1) is 12.8 Å². The summed E-state index contributed by atoms with van der Waals surface area (Å²) in [6, 6.07) is 36.6. The summed E-state index contributed by atoms with van der Waals surface area (Å²) in [4.78, 5) is 43.3. The lowest BCUT2D eigenvalue weighted by Crippen LogP contribution is -2.08. The van der Waals surface area contributed by atoms with Crippen LogP contribution in [0.5, 0.6) is 17.2 Å². The maximum atomic E-state index is 12.0. The minimum atomic E-state index is -0.509. The fourth-order valence-corrected chi connectivity index (χ4v) is 5.83. The van der Waals surface area contributed by atoms with Gasteiger partial charge in [0.15, 0.2) is 0 Å². The molecule has 0 fully saturated rings. The van der Waals surface area contributed by atoms with Gasteiger partial charge in [-0.25, -0.2) is 4.79 Å². The second-order valence-electron chi connectivity index (χ2n) is 13.7. The molecular formula is C49H51ClN2O6. The molecule has 0 saturated carbocycles. The van der Waals surface area contributed by atoms with Crippen molar-refractivity contribution in [1.82, 2.24) is 0 Å². The number of carbonyl (C=O) groups excluding carboxylic acids is 3. The smallest absolute Gasteiger partial charge is 0.336 e.